The van der Waals surface area contributed by atoms with E-state index in [1.807, 2.05) is 32.0 Å². The third kappa shape index (κ3) is 5.39. The van der Waals surface area contributed by atoms with Gasteiger partial charge in [-0.15, -0.1) is 0 Å². The molecule has 6 heteroatoms. The fraction of sp³-hybridized carbons (Fsp3) is 0.300. The highest BCUT2D eigenvalue weighted by atomic mass is 19.1. The van der Waals surface area contributed by atoms with Crippen LogP contribution in [-0.4, -0.2) is 36.9 Å². The van der Waals surface area contributed by atoms with E-state index in [0.717, 1.165) is 22.4 Å². The van der Waals surface area contributed by atoms with Crippen molar-refractivity contribution in [1.82, 2.24) is 4.90 Å². The van der Waals surface area contributed by atoms with Gasteiger partial charge in [0.15, 0.2) is 0 Å². The van der Waals surface area contributed by atoms with E-state index in [0.29, 0.717) is 5.69 Å². The van der Waals surface area contributed by atoms with E-state index >= 15 is 0 Å². The van der Waals surface area contributed by atoms with Crippen LogP contribution in [0, 0.1) is 26.6 Å². The minimum Gasteiger partial charge on any atom is -0.325 e. The first kappa shape index (κ1) is 19.6. The Morgan fingerprint density at radius 2 is 1.54 bits per heavy atom. The minimum absolute atomic E-state index is 0.0240. The number of hydrogen-bond acceptors (Lipinski definition) is 3. The van der Waals surface area contributed by atoms with Crippen LogP contribution in [-0.2, 0) is 9.59 Å². The SMILES string of the molecule is Cc1ccc(F)cc1NC(=O)CN(C)CC(=O)Nc1cccc(C)c1C. The molecule has 2 rings (SSSR count). The largest absolute Gasteiger partial charge is 0.325 e. The first-order chi connectivity index (χ1) is 12.3. The highest BCUT2D eigenvalue weighted by Gasteiger charge is 2.13. The molecule has 0 atom stereocenters. The average molecular weight is 357 g/mol. The van der Waals surface area contributed by atoms with Gasteiger partial charge in [-0.3, -0.25) is 14.5 Å². The van der Waals surface area contributed by atoms with Crippen molar-refractivity contribution in [3.63, 3.8) is 0 Å². The van der Waals surface area contributed by atoms with Crippen molar-refractivity contribution < 1.29 is 14.0 Å². The maximum Gasteiger partial charge on any atom is 0.238 e. The zero-order chi connectivity index (χ0) is 19.3. The van der Waals surface area contributed by atoms with Crippen molar-refractivity contribution in [3.05, 3.63) is 58.9 Å². The van der Waals surface area contributed by atoms with E-state index in [1.165, 1.54) is 12.1 Å². The summed E-state index contributed by atoms with van der Waals surface area (Å²) in [6, 6.07) is 9.94. The number of benzene rings is 2. The fourth-order valence-electron chi connectivity index (χ4n) is 2.54. The van der Waals surface area contributed by atoms with Crippen LogP contribution in [0.15, 0.2) is 36.4 Å². The summed E-state index contributed by atoms with van der Waals surface area (Å²) in [5.41, 5.74) is 4.09. The lowest BCUT2D eigenvalue weighted by Crippen LogP contribution is -2.36. The van der Waals surface area contributed by atoms with Crippen molar-refractivity contribution in [3.8, 4) is 0 Å². The second-order valence-electron chi connectivity index (χ2n) is 6.48. The van der Waals surface area contributed by atoms with Crippen LogP contribution < -0.4 is 10.6 Å². The van der Waals surface area contributed by atoms with Gasteiger partial charge in [0.1, 0.15) is 5.82 Å². The van der Waals surface area contributed by atoms with Crippen LogP contribution in [0.25, 0.3) is 0 Å². The number of hydrogen-bond donors (Lipinski definition) is 2. The summed E-state index contributed by atoms with van der Waals surface area (Å²) in [5.74, 6) is -0.913. The van der Waals surface area contributed by atoms with Crippen molar-refractivity contribution in [1.29, 1.82) is 0 Å². The number of anilines is 2. The molecule has 0 saturated carbocycles. The average Bonchev–Trinajstić information content (AvgIpc) is 2.55. The Labute approximate surface area is 153 Å². The Bertz CT molecular complexity index is 803. The van der Waals surface area contributed by atoms with Gasteiger partial charge in [0.05, 0.1) is 13.1 Å². The Kier molecular flexibility index (Phi) is 6.46. The number of rotatable bonds is 6. The van der Waals surface area contributed by atoms with Crippen LogP contribution in [0.4, 0.5) is 15.8 Å². The topological polar surface area (TPSA) is 61.4 Å². The molecule has 0 fully saturated rings. The Morgan fingerprint density at radius 3 is 2.19 bits per heavy atom. The minimum atomic E-state index is -0.410. The Hall–Kier alpha value is -2.73. The molecule has 0 aliphatic carbocycles. The number of halogens is 1. The predicted molar refractivity (Wildman–Crippen MR) is 102 cm³/mol. The van der Waals surface area contributed by atoms with Gasteiger partial charge < -0.3 is 10.6 Å². The lowest BCUT2D eigenvalue weighted by molar-refractivity contribution is -0.119. The predicted octanol–water partition coefficient (Wildman–Crippen LogP) is 3.26. The monoisotopic (exact) mass is 357 g/mol. The molecule has 0 spiro atoms. The maximum absolute atomic E-state index is 13.3. The Balaban J connectivity index is 1.88. The smallest absolute Gasteiger partial charge is 0.238 e. The lowest BCUT2D eigenvalue weighted by atomic mass is 10.1. The first-order valence-corrected chi connectivity index (χ1v) is 8.37. The number of likely N-dealkylation sites (N-methyl/N-ethyl adjacent to an activating group) is 1. The van der Waals surface area contributed by atoms with E-state index in [9.17, 15) is 14.0 Å². The van der Waals surface area contributed by atoms with Gasteiger partial charge in [-0.25, -0.2) is 4.39 Å². The summed E-state index contributed by atoms with van der Waals surface area (Å²) in [5, 5.41) is 5.53. The quantitative estimate of drug-likeness (QED) is 0.834. The standard InChI is InChI=1S/C20H24FN3O2/c1-13-6-5-7-17(15(13)3)22-19(25)11-24(4)12-20(26)23-18-10-16(21)9-8-14(18)2/h5-10H,11-12H2,1-4H3,(H,22,25)(H,23,26). The van der Waals surface area contributed by atoms with Gasteiger partial charge in [-0.05, 0) is 62.7 Å². The second kappa shape index (κ2) is 8.58. The van der Waals surface area contributed by atoms with E-state index in [1.54, 1.807) is 24.9 Å². The zero-order valence-corrected chi connectivity index (χ0v) is 15.5. The first-order valence-electron chi connectivity index (χ1n) is 8.37. The summed E-state index contributed by atoms with van der Waals surface area (Å²) in [6.07, 6.45) is 0. The number of carbonyl (C=O) groups excluding carboxylic acids is 2. The fourth-order valence-corrected chi connectivity index (χ4v) is 2.54. The highest BCUT2D eigenvalue weighted by molar-refractivity contribution is 5.95. The van der Waals surface area contributed by atoms with E-state index in [2.05, 4.69) is 10.6 Å². The molecule has 26 heavy (non-hydrogen) atoms. The number of aryl methyl sites for hydroxylation is 2. The summed E-state index contributed by atoms with van der Waals surface area (Å²) < 4.78 is 13.3. The van der Waals surface area contributed by atoms with Crippen molar-refractivity contribution in [2.45, 2.75) is 20.8 Å². The van der Waals surface area contributed by atoms with Crippen molar-refractivity contribution in [2.75, 3.05) is 30.8 Å². The highest BCUT2D eigenvalue weighted by Crippen LogP contribution is 2.18. The molecule has 0 radical (unpaired) electrons. The molecule has 0 bridgehead atoms. The molecule has 0 aliphatic rings. The molecule has 138 valence electrons. The molecule has 0 unspecified atom stereocenters. The zero-order valence-electron chi connectivity index (χ0n) is 15.5. The van der Waals surface area contributed by atoms with Crippen LogP contribution in [0.5, 0.6) is 0 Å². The number of carbonyl (C=O) groups is 2. The third-order valence-corrected chi connectivity index (χ3v) is 4.18. The normalized spacial score (nSPS) is 10.7. The molecule has 2 amide bonds. The summed E-state index contributed by atoms with van der Waals surface area (Å²) in [6.45, 7) is 5.81. The molecule has 0 heterocycles. The van der Waals surface area contributed by atoms with Crippen LogP contribution in [0.1, 0.15) is 16.7 Å². The van der Waals surface area contributed by atoms with Crippen molar-refractivity contribution >= 4 is 23.2 Å². The summed E-state index contributed by atoms with van der Waals surface area (Å²) in [7, 11) is 1.68. The van der Waals surface area contributed by atoms with Gasteiger partial charge in [0, 0.05) is 11.4 Å². The third-order valence-electron chi connectivity index (χ3n) is 4.18. The summed E-state index contributed by atoms with van der Waals surface area (Å²) >= 11 is 0. The number of nitrogens with zero attached hydrogens (tertiary/aromatic N) is 1. The number of nitrogens with one attached hydrogen (secondary N) is 2. The van der Waals surface area contributed by atoms with Crippen LogP contribution >= 0.6 is 0 Å². The summed E-state index contributed by atoms with van der Waals surface area (Å²) in [4.78, 5) is 25.9. The van der Waals surface area contributed by atoms with Crippen LogP contribution in [0.3, 0.4) is 0 Å². The van der Waals surface area contributed by atoms with E-state index in [4.69, 9.17) is 0 Å². The van der Waals surface area contributed by atoms with Gasteiger partial charge in [0.2, 0.25) is 11.8 Å². The van der Waals surface area contributed by atoms with Gasteiger partial charge in [-0.2, -0.15) is 0 Å². The molecule has 0 aromatic heterocycles. The van der Waals surface area contributed by atoms with E-state index in [-0.39, 0.29) is 24.9 Å². The van der Waals surface area contributed by atoms with Gasteiger partial charge in [-0.1, -0.05) is 18.2 Å². The molecular weight excluding hydrogens is 333 g/mol. The van der Waals surface area contributed by atoms with Gasteiger partial charge >= 0.3 is 0 Å². The molecule has 0 aliphatic heterocycles. The molecular formula is C20H24FN3O2. The van der Waals surface area contributed by atoms with Crippen molar-refractivity contribution in [2.24, 2.45) is 0 Å². The molecule has 5 nitrogen and oxygen atoms in total. The van der Waals surface area contributed by atoms with E-state index < -0.39 is 5.82 Å². The molecule has 2 aromatic carbocycles. The second-order valence-corrected chi connectivity index (χ2v) is 6.48. The lowest BCUT2D eigenvalue weighted by Gasteiger charge is -2.17. The van der Waals surface area contributed by atoms with Crippen LogP contribution in [0.2, 0.25) is 0 Å². The molecule has 2 aromatic rings. The number of amides is 2. The van der Waals surface area contributed by atoms with Gasteiger partial charge in [0.25, 0.3) is 0 Å². The molecule has 2 N–H and O–H groups in total. The maximum atomic E-state index is 13.3. The molecule has 0 saturated heterocycles. The Morgan fingerprint density at radius 1 is 0.923 bits per heavy atom.